The molecule has 1 unspecified atom stereocenters. The van der Waals surface area contributed by atoms with Crippen molar-refractivity contribution in [3.8, 4) is 0 Å². The summed E-state index contributed by atoms with van der Waals surface area (Å²) < 4.78 is 0. The lowest BCUT2D eigenvalue weighted by Gasteiger charge is -2.22. The Morgan fingerprint density at radius 1 is 1.20 bits per heavy atom. The molecule has 106 valence electrons. The van der Waals surface area contributed by atoms with Crippen molar-refractivity contribution in [2.45, 2.75) is 45.1 Å². The van der Waals surface area contributed by atoms with Crippen LogP contribution in [0.1, 0.15) is 49.7 Å². The van der Waals surface area contributed by atoms with Crippen molar-refractivity contribution >= 4 is 5.57 Å². The van der Waals surface area contributed by atoms with E-state index in [1.807, 2.05) is 24.3 Å². The van der Waals surface area contributed by atoms with Crippen LogP contribution in [-0.2, 0) is 6.61 Å². The Kier molecular flexibility index (Phi) is 3.97. The molecule has 0 amide bonds. The van der Waals surface area contributed by atoms with Crippen molar-refractivity contribution in [1.82, 2.24) is 0 Å². The van der Waals surface area contributed by atoms with Crippen LogP contribution in [0.3, 0.4) is 0 Å². The van der Waals surface area contributed by atoms with E-state index < -0.39 is 0 Å². The molecule has 20 heavy (non-hydrogen) atoms. The molecular formula is C17H21NO2. The minimum absolute atomic E-state index is 0.0407. The minimum Gasteiger partial charge on any atom is -0.392 e. The maximum Gasteiger partial charge on any atom is 0.0889 e. The SMILES string of the molecule is O=NC1=C(c2cccc(CO)c2)C(C2CCCC2)CC1. The number of hydrogen-bond acceptors (Lipinski definition) is 3. The first kappa shape index (κ1) is 13.5. The molecule has 1 atom stereocenters. The second kappa shape index (κ2) is 5.88. The zero-order valence-corrected chi connectivity index (χ0v) is 11.7. The van der Waals surface area contributed by atoms with Gasteiger partial charge in [-0.25, -0.2) is 0 Å². The fourth-order valence-electron chi connectivity index (χ4n) is 3.93. The van der Waals surface area contributed by atoms with Crippen LogP contribution in [0, 0.1) is 16.7 Å². The van der Waals surface area contributed by atoms with Crippen molar-refractivity contribution < 1.29 is 5.11 Å². The molecular weight excluding hydrogens is 250 g/mol. The van der Waals surface area contributed by atoms with Gasteiger partial charge in [-0.1, -0.05) is 31.0 Å². The van der Waals surface area contributed by atoms with E-state index in [0.29, 0.717) is 11.8 Å². The maximum atomic E-state index is 11.1. The zero-order chi connectivity index (χ0) is 13.9. The standard InChI is InChI=1S/C17H21NO2/c19-11-12-4-3-7-14(10-12)17-15(8-9-16(17)18-20)13-5-1-2-6-13/h3-4,7,10,13,15,19H,1-2,5-6,8-9,11H2. The molecule has 1 aromatic rings. The van der Waals surface area contributed by atoms with Crippen LogP contribution in [0.25, 0.3) is 5.57 Å². The smallest absolute Gasteiger partial charge is 0.0889 e. The molecule has 1 fully saturated rings. The summed E-state index contributed by atoms with van der Waals surface area (Å²) in [5.41, 5.74) is 3.87. The summed E-state index contributed by atoms with van der Waals surface area (Å²) in [5, 5.41) is 12.6. The van der Waals surface area contributed by atoms with Gasteiger partial charge < -0.3 is 5.11 Å². The first-order valence-corrected chi connectivity index (χ1v) is 7.60. The van der Waals surface area contributed by atoms with Gasteiger partial charge in [-0.2, -0.15) is 0 Å². The van der Waals surface area contributed by atoms with Crippen LogP contribution in [0.2, 0.25) is 0 Å². The second-order valence-electron chi connectivity index (χ2n) is 6.00. The van der Waals surface area contributed by atoms with Crippen molar-refractivity contribution in [3.63, 3.8) is 0 Å². The van der Waals surface area contributed by atoms with Crippen LogP contribution >= 0.6 is 0 Å². The molecule has 0 saturated heterocycles. The predicted molar refractivity (Wildman–Crippen MR) is 79.8 cm³/mol. The van der Waals surface area contributed by atoms with Gasteiger partial charge in [0.05, 0.1) is 12.3 Å². The quantitative estimate of drug-likeness (QED) is 0.832. The largest absolute Gasteiger partial charge is 0.392 e. The first-order chi connectivity index (χ1) is 9.83. The summed E-state index contributed by atoms with van der Waals surface area (Å²) in [6, 6.07) is 7.93. The van der Waals surface area contributed by atoms with Crippen LogP contribution in [-0.4, -0.2) is 5.11 Å². The van der Waals surface area contributed by atoms with Gasteiger partial charge in [0.25, 0.3) is 0 Å². The Morgan fingerprint density at radius 3 is 2.70 bits per heavy atom. The van der Waals surface area contributed by atoms with Crippen LogP contribution in [0.4, 0.5) is 0 Å². The highest BCUT2D eigenvalue weighted by Gasteiger charge is 2.34. The van der Waals surface area contributed by atoms with E-state index in [9.17, 15) is 10.0 Å². The lowest BCUT2D eigenvalue weighted by atomic mass is 9.82. The highest BCUT2D eigenvalue weighted by atomic mass is 16.3. The van der Waals surface area contributed by atoms with Gasteiger partial charge in [0, 0.05) is 0 Å². The third-order valence-electron chi connectivity index (χ3n) is 4.87. The zero-order valence-electron chi connectivity index (χ0n) is 11.7. The Morgan fingerprint density at radius 2 is 2.00 bits per heavy atom. The molecule has 3 heteroatoms. The van der Waals surface area contributed by atoms with Crippen LogP contribution < -0.4 is 0 Å². The van der Waals surface area contributed by atoms with E-state index >= 15 is 0 Å². The summed E-state index contributed by atoms with van der Waals surface area (Å²) in [6.45, 7) is 0.0407. The average molecular weight is 271 g/mol. The Labute approximate surface area is 119 Å². The minimum atomic E-state index is 0.0407. The van der Waals surface area contributed by atoms with Crippen molar-refractivity contribution in [1.29, 1.82) is 0 Å². The van der Waals surface area contributed by atoms with Crippen LogP contribution in [0.15, 0.2) is 35.1 Å². The Balaban J connectivity index is 1.98. The van der Waals surface area contributed by atoms with E-state index in [1.165, 1.54) is 25.7 Å². The number of aliphatic hydroxyl groups excluding tert-OH is 1. The fraction of sp³-hybridized carbons (Fsp3) is 0.529. The van der Waals surface area contributed by atoms with Gasteiger partial charge in [-0.3, -0.25) is 0 Å². The maximum absolute atomic E-state index is 11.1. The third-order valence-corrected chi connectivity index (χ3v) is 4.87. The molecule has 0 spiro atoms. The molecule has 0 aromatic heterocycles. The van der Waals surface area contributed by atoms with Gasteiger partial charge >= 0.3 is 0 Å². The number of nitroso groups, excluding NO2 is 1. The summed E-state index contributed by atoms with van der Waals surface area (Å²) in [6.07, 6.45) is 7.05. The highest BCUT2D eigenvalue weighted by molar-refractivity contribution is 5.73. The molecule has 1 saturated carbocycles. The molecule has 2 aliphatic rings. The van der Waals surface area contributed by atoms with E-state index in [-0.39, 0.29) is 6.61 Å². The third kappa shape index (κ3) is 2.42. The normalized spacial score (nSPS) is 23.6. The number of aliphatic hydroxyl groups is 1. The van der Waals surface area contributed by atoms with E-state index in [2.05, 4.69) is 5.18 Å². The molecule has 3 rings (SSSR count). The van der Waals surface area contributed by atoms with Gasteiger partial charge in [0.1, 0.15) is 0 Å². The molecule has 1 aromatic carbocycles. The summed E-state index contributed by atoms with van der Waals surface area (Å²) in [7, 11) is 0. The van der Waals surface area contributed by atoms with Gasteiger partial charge in [0.2, 0.25) is 0 Å². The molecule has 0 aliphatic heterocycles. The number of hydrogen-bond donors (Lipinski definition) is 1. The molecule has 3 nitrogen and oxygen atoms in total. The summed E-state index contributed by atoms with van der Waals surface area (Å²) in [5.74, 6) is 1.20. The van der Waals surface area contributed by atoms with E-state index in [4.69, 9.17) is 0 Å². The topological polar surface area (TPSA) is 49.7 Å². The molecule has 0 bridgehead atoms. The predicted octanol–water partition coefficient (Wildman–Crippen LogP) is 4.26. The van der Waals surface area contributed by atoms with Crippen molar-refractivity contribution in [3.05, 3.63) is 46.0 Å². The number of allylic oxidation sites excluding steroid dienone is 2. The second-order valence-corrected chi connectivity index (χ2v) is 6.00. The van der Waals surface area contributed by atoms with Gasteiger partial charge in [-0.05, 0) is 65.5 Å². The Hall–Kier alpha value is -1.48. The monoisotopic (exact) mass is 271 g/mol. The fourth-order valence-corrected chi connectivity index (χ4v) is 3.93. The van der Waals surface area contributed by atoms with E-state index in [0.717, 1.165) is 35.2 Å². The summed E-state index contributed by atoms with van der Waals surface area (Å²) >= 11 is 0. The van der Waals surface area contributed by atoms with Gasteiger partial charge in [0.15, 0.2) is 0 Å². The lowest BCUT2D eigenvalue weighted by molar-refractivity contribution is 0.282. The first-order valence-electron chi connectivity index (χ1n) is 7.60. The van der Waals surface area contributed by atoms with E-state index in [1.54, 1.807) is 0 Å². The summed E-state index contributed by atoms with van der Waals surface area (Å²) in [4.78, 5) is 11.1. The number of rotatable bonds is 4. The molecule has 0 heterocycles. The van der Waals surface area contributed by atoms with Crippen LogP contribution in [0.5, 0.6) is 0 Å². The molecule has 0 radical (unpaired) electrons. The molecule has 2 aliphatic carbocycles. The molecule has 1 N–H and O–H groups in total. The lowest BCUT2D eigenvalue weighted by Crippen LogP contribution is -2.10. The average Bonchev–Trinajstić information content (AvgIpc) is 3.15. The Bertz CT molecular complexity index is 530. The number of benzene rings is 1. The van der Waals surface area contributed by atoms with Crippen molar-refractivity contribution in [2.75, 3.05) is 0 Å². The van der Waals surface area contributed by atoms with Gasteiger partial charge in [-0.15, -0.1) is 4.91 Å². The van der Waals surface area contributed by atoms with Crippen molar-refractivity contribution in [2.24, 2.45) is 17.0 Å². The highest BCUT2D eigenvalue weighted by Crippen LogP contribution is 2.48. The number of nitrogens with zero attached hydrogens (tertiary/aromatic N) is 1.